The fourth-order valence-electron chi connectivity index (χ4n) is 7.74. The number of carbonyl (C=O) groups is 3. The number of aromatic nitrogens is 2. The molecule has 3 heterocycles. The van der Waals surface area contributed by atoms with Crippen LogP contribution in [0.5, 0.6) is 0 Å². The lowest BCUT2D eigenvalue weighted by Gasteiger charge is -2.35. The van der Waals surface area contributed by atoms with Crippen LogP contribution < -0.4 is 20.7 Å². The molecule has 0 saturated carbocycles. The lowest BCUT2D eigenvalue weighted by atomic mass is 10.0. The van der Waals surface area contributed by atoms with Crippen LogP contribution in [0.4, 0.5) is 33.3 Å². The summed E-state index contributed by atoms with van der Waals surface area (Å²) in [5, 5.41) is 19.5. The third-order valence-corrected chi connectivity index (χ3v) is 11.4. The number of nitrogens with zero attached hydrogens (tertiary/aromatic N) is 6. The number of rotatable bonds is 11. The summed E-state index contributed by atoms with van der Waals surface area (Å²) >= 11 is 5.52. The number of benzene rings is 4. The molecule has 62 heavy (non-hydrogen) atoms. The van der Waals surface area contributed by atoms with Crippen LogP contribution in [0.1, 0.15) is 69.8 Å². The Balaban J connectivity index is 0.888. The molecular weight excluding hydrogens is 832 g/mol. The van der Waals surface area contributed by atoms with Crippen molar-refractivity contribution >= 4 is 57.2 Å². The highest BCUT2D eigenvalue weighted by Crippen LogP contribution is 2.40. The molecule has 0 bridgehead atoms. The highest BCUT2D eigenvalue weighted by atomic mass is 32.1. The number of hydrogen-bond acceptors (Lipinski definition) is 8. The van der Waals surface area contributed by atoms with E-state index in [1.54, 1.807) is 35.2 Å². The monoisotopic (exact) mass is 870 g/mol. The maximum atomic E-state index is 15.5. The molecule has 1 aromatic heterocycles. The Kier molecular flexibility index (Phi) is 12.2. The maximum Gasteiger partial charge on any atom is 0.417 e. The van der Waals surface area contributed by atoms with Crippen LogP contribution >= 0.6 is 12.2 Å². The molecule has 7 rings (SSSR count). The molecular formula is C44H39F5N8O4S. The zero-order valence-corrected chi connectivity index (χ0v) is 34.3. The van der Waals surface area contributed by atoms with Gasteiger partial charge in [0.15, 0.2) is 5.11 Å². The molecule has 2 saturated heterocycles. The second-order valence-corrected chi connectivity index (χ2v) is 15.8. The van der Waals surface area contributed by atoms with Gasteiger partial charge in [-0.15, -0.1) is 0 Å². The zero-order chi connectivity index (χ0) is 44.5. The number of hydrogen-bond donors (Lipinski definition) is 2. The largest absolute Gasteiger partial charge is 0.417 e. The standard InChI is InChI=1S/C44H39F5N8O4S/c1-43(2)41(61)56(28-11-10-27(25-50)34(23-28)44(47,48)49)42(62)57(43)29-12-13-32(36(46)24-29)38(58)51-15-5-6-16-54-17-19-55(20-18-54)40(60)33-21-26(9-14-35(33)45)22-37-30-7-3-4-8-31(30)39(59)53-52-37/h3-4,7-14,21,23-24H,5-6,15-20,22H2,1-2H3,(H,51,58)(H,53,59). The Bertz CT molecular complexity index is 2710. The van der Waals surface area contributed by atoms with Gasteiger partial charge in [-0.1, -0.05) is 24.3 Å². The molecule has 320 valence electrons. The molecule has 2 fully saturated rings. The number of unbranched alkanes of at least 4 members (excludes halogenated alkanes) is 1. The van der Waals surface area contributed by atoms with Crippen molar-refractivity contribution in [3.8, 4) is 6.07 Å². The number of fused-ring (bicyclic) bond motifs is 1. The first-order valence-electron chi connectivity index (χ1n) is 19.6. The van der Waals surface area contributed by atoms with Gasteiger partial charge in [-0.3, -0.25) is 29.0 Å². The number of anilines is 2. The van der Waals surface area contributed by atoms with Gasteiger partial charge >= 0.3 is 6.18 Å². The van der Waals surface area contributed by atoms with Gasteiger partial charge in [0.2, 0.25) is 0 Å². The van der Waals surface area contributed by atoms with Crippen LogP contribution in [0, 0.1) is 23.0 Å². The van der Waals surface area contributed by atoms with Crippen LogP contribution in [0.25, 0.3) is 10.8 Å². The first-order valence-corrected chi connectivity index (χ1v) is 20.0. The van der Waals surface area contributed by atoms with Crippen molar-refractivity contribution in [1.29, 1.82) is 5.26 Å². The van der Waals surface area contributed by atoms with E-state index in [0.29, 0.717) is 73.7 Å². The molecule has 2 N–H and O–H groups in total. The van der Waals surface area contributed by atoms with Gasteiger partial charge < -0.3 is 15.1 Å². The molecule has 18 heteroatoms. The minimum Gasteiger partial charge on any atom is -0.352 e. The van der Waals surface area contributed by atoms with Gasteiger partial charge in [0, 0.05) is 50.2 Å². The number of piperazine rings is 1. The summed E-state index contributed by atoms with van der Waals surface area (Å²) in [5.41, 5.74) is -2.75. The summed E-state index contributed by atoms with van der Waals surface area (Å²) < 4.78 is 71.5. The third-order valence-electron chi connectivity index (χ3n) is 11.1. The number of aromatic amines is 1. The van der Waals surface area contributed by atoms with Gasteiger partial charge in [0.05, 0.1) is 45.1 Å². The molecule has 0 radical (unpaired) electrons. The van der Waals surface area contributed by atoms with Crippen molar-refractivity contribution in [2.24, 2.45) is 0 Å². The van der Waals surface area contributed by atoms with Crippen molar-refractivity contribution in [1.82, 2.24) is 25.3 Å². The van der Waals surface area contributed by atoms with Gasteiger partial charge in [0.25, 0.3) is 23.3 Å². The number of nitriles is 1. The highest BCUT2D eigenvalue weighted by molar-refractivity contribution is 7.81. The van der Waals surface area contributed by atoms with Crippen LogP contribution in [-0.4, -0.2) is 87.6 Å². The number of amides is 3. The number of nitrogens with one attached hydrogen (secondary N) is 2. The average Bonchev–Trinajstić information content (AvgIpc) is 3.43. The van der Waals surface area contributed by atoms with Crippen LogP contribution in [0.2, 0.25) is 0 Å². The predicted molar refractivity (Wildman–Crippen MR) is 225 cm³/mol. The van der Waals surface area contributed by atoms with E-state index in [2.05, 4.69) is 20.4 Å². The van der Waals surface area contributed by atoms with Gasteiger partial charge in [-0.25, -0.2) is 13.9 Å². The van der Waals surface area contributed by atoms with E-state index < -0.39 is 52.2 Å². The molecule has 0 spiro atoms. The third kappa shape index (κ3) is 8.63. The normalized spacial score (nSPS) is 15.6. The van der Waals surface area contributed by atoms with E-state index in [1.165, 1.54) is 55.1 Å². The fourth-order valence-corrected chi connectivity index (χ4v) is 8.26. The number of alkyl halides is 3. The summed E-state index contributed by atoms with van der Waals surface area (Å²) in [6.07, 6.45) is -3.33. The predicted octanol–water partition coefficient (Wildman–Crippen LogP) is 6.57. The van der Waals surface area contributed by atoms with Crippen molar-refractivity contribution in [2.45, 2.75) is 44.8 Å². The molecule has 2 aliphatic rings. The Morgan fingerprint density at radius 1 is 0.887 bits per heavy atom. The first kappa shape index (κ1) is 43.5. The summed E-state index contributed by atoms with van der Waals surface area (Å²) in [7, 11) is 0. The Morgan fingerprint density at radius 3 is 2.29 bits per heavy atom. The second kappa shape index (κ2) is 17.4. The van der Waals surface area contributed by atoms with Crippen molar-refractivity contribution < 1.29 is 36.3 Å². The van der Waals surface area contributed by atoms with E-state index in [-0.39, 0.29) is 46.1 Å². The van der Waals surface area contributed by atoms with Crippen molar-refractivity contribution in [3.05, 3.63) is 134 Å². The summed E-state index contributed by atoms with van der Waals surface area (Å²) in [5.74, 6) is -3.29. The second-order valence-electron chi connectivity index (χ2n) is 15.5. The molecule has 12 nitrogen and oxygen atoms in total. The Hall–Kier alpha value is -6.58. The van der Waals surface area contributed by atoms with E-state index in [1.807, 2.05) is 0 Å². The van der Waals surface area contributed by atoms with Gasteiger partial charge in [-0.2, -0.15) is 23.5 Å². The lowest BCUT2D eigenvalue weighted by molar-refractivity contribution is -0.137. The minimum atomic E-state index is -4.87. The van der Waals surface area contributed by atoms with Crippen LogP contribution in [0.3, 0.4) is 0 Å². The summed E-state index contributed by atoms with van der Waals surface area (Å²) in [4.78, 5) is 58.1. The number of H-pyrrole nitrogens is 1. The molecule has 2 aliphatic heterocycles. The van der Waals surface area contributed by atoms with E-state index in [9.17, 15) is 42.0 Å². The summed E-state index contributed by atoms with van der Waals surface area (Å²) in [6, 6.07) is 19.4. The lowest BCUT2D eigenvalue weighted by Crippen LogP contribution is -2.49. The Morgan fingerprint density at radius 2 is 1.60 bits per heavy atom. The number of carbonyl (C=O) groups excluding carboxylic acids is 3. The van der Waals surface area contributed by atoms with Gasteiger partial charge in [-0.05, 0) is 106 Å². The van der Waals surface area contributed by atoms with E-state index in [0.717, 1.165) is 17.0 Å². The first-order chi connectivity index (χ1) is 29.5. The van der Waals surface area contributed by atoms with Gasteiger partial charge in [0.1, 0.15) is 17.2 Å². The molecule has 0 aliphatic carbocycles. The van der Waals surface area contributed by atoms with Crippen molar-refractivity contribution in [2.75, 3.05) is 49.1 Å². The quantitative estimate of drug-likeness (QED) is 0.0856. The fraction of sp³-hybridized carbons (Fsp3) is 0.295. The van der Waals surface area contributed by atoms with Crippen LogP contribution in [0.15, 0.2) is 83.7 Å². The SMILES string of the molecule is CC1(C)C(=O)N(c2ccc(C#N)c(C(F)(F)F)c2)C(=S)N1c1ccc(C(=O)NCCCCN2CCN(C(=O)c3cc(Cc4n[nH]c(=O)c5ccccc45)ccc3F)CC2)c(F)c1. The Labute approximate surface area is 357 Å². The molecule has 5 aromatic rings. The molecule has 4 aromatic carbocycles. The van der Waals surface area contributed by atoms with E-state index in [4.69, 9.17) is 12.2 Å². The number of halogens is 5. The average molecular weight is 871 g/mol. The maximum absolute atomic E-state index is 15.5. The van der Waals surface area contributed by atoms with Crippen molar-refractivity contribution in [3.63, 3.8) is 0 Å². The number of thiocarbonyl (C=S) groups is 1. The summed E-state index contributed by atoms with van der Waals surface area (Å²) in [6.45, 7) is 5.78. The topological polar surface area (TPSA) is 146 Å². The van der Waals surface area contributed by atoms with Crippen LogP contribution in [-0.2, 0) is 17.4 Å². The molecule has 3 amide bonds. The highest BCUT2D eigenvalue weighted by Gasteiger charge is 2.51. The molecule has 0 atom stereocenters. The minimum absolute atomic E-state index is 0.0396. The zero-order valence-electron chi connectivity index (χ0n) is 33.5. The molecule has 0 unspecified atom stereocenters. The van der Waals surface area contributed by atoms with E-state index >= 15 is 4.39 Å². The smallest absolute Gasteiger partial charge is 0.352 e.